The van der Waals surface area contributed by atoms with Crippen LogP contribution in [0.4, 0.5) is 21.0 Å². The van der Waals surface area contributed by atoms with E-state index in [-0.39, 0.29) is 23.8 Å². The first kappa shape index (κ1) is 35.9. The van der Waals surface area contributed by atoms with Crippen molar-refractivity contribution in [2.75, 3.05) is 32.2 Å². The molecule has 1 fully saturated rings. The van der Waals surface area contributed by atoms with Crippen molar-refractivity contribution >= 4 is 42.2 Å². The molecular weight excluding hydrogens is 609 g/mol. The SMILES string of the molecule is COP(=O)(CC[C@@H]1[C@@H](C=CCCCCCCCCCNc2ccc([N+](=O)[O-])c3nonc23)OC(=O)N1C(=O)OC(C)(C)C)OC. The third kappa shape index (κ3) is 10.5. The molecule has 1 N–H and O–H groups in total. The Bertz CT molecular complexity index is 1370. The minimum absolute atomic E-state index is 0.00100. The number of nitro benzene ring substituents is 1. The van der Waals surface area contributed by atoms with E-state index in [0.717, 1.165) is 56.3 Å². The molecule has 0 spiro atoms. The molecule has 2 atom stereocenters. The number of carbonyl (C=O) groups excluding carboxylic acids is 2. The van der Waals surface area contributed by atoms with Crippen LogP contribution in [-0.4, -0.2) is 77.0 Å². The highest BCUT2D eigenvalue weighted by molar-refractivity contribution is 7.53. The summed E-state index contributed by atoms with van der Waals surface area (Å²) >= 11 is 0. The van der Waals surface area contributed by atoms with Gasteiger partial charge >= 0.3 is 25.5 Å². The molecule has 45 heavy (non-hydrogen) atoms. The maximum Gasteiger partial charge on any atom is 0.420 e. The van der Waals surface area contributed by atoms with E-state index in [1.165, 1.54) is 20.3 Å². The molecule has 0 unspecified atom stereocenters. The van der Waals surface area contributed by atoms with Gasteiger partial charge in [0.2, 0.25) is 5.52 Å². The van der Waals surface area contributed by atoms with Crippen molar-refractivity contribution in [2.45, 2.75) is 96.3 Å². The maximum atomic E-state index is 12.8. The normalized spacial score (nSPS) is 17.3. The van der Waals surface area contributed by atoms with Gasteiger partial charge in [-0.3, -0.25) is 14.7 Å². The second kappa shape index (κ2) is 16.7. The van der Waals surface area contributed by atoms with Crippen LogP contribution < -0.4 is 5.32 Å². The number of fused-ring (bicyclic) bond motifs is 1. The summed E-state index contributed by atoms with van der Waals surface area (Å²) in [6.07, 6.45) is 9.61. The molecule has 0 saturated carbocycles. The van der Waals surface area contributed by atoms with E-state index in [4.69, 9.17) is 18.5 Å². The van der Waals surface area contributed by atoms with Crippen LogP contribution in [0, 0.1) is 10.1 Å². The third-order valence-corrected chi connectivity index (χ3v) is 9.19. The monoisotopic (exact) mass is 653 g/mol. The molecular formula is C29H44N5O10P. The summed E-state index contributed by atoms with van der Waals surface area (Å²) in [5.74, 6) is 0. The largest absolute Gasteiger partial charge is 0.443 e. The lowest BCUT2D eigenvalue weighted by Crippen LogP contribution is -2.44. The quantitative estimate of drug-likeness (QED) is 0.0559. The second-order valence-electron chi connectivity index (χ2n) is 11.7. The van der Waals surface area contributed by atoms with Gasteiger partial charge in [0.25, 0.3) is 0 Å². The van der Waals surface area contributed by atoms with Crippen LogP contribution in [0.1, 0.15) is 78.6 Å². The molecule has 1 saturated heterocycles. The predicted molar refractivity (Wildman–Crippen MR) is 166 cm³/mol. The van der Waals surface area contributed by atoms with Gasteiger partial charge in [0.05, 0.1) is 22.8 Å². The third-order valence-electron chi connectivity index (χ3n) is 7.27. The summed E-state index contributed by atoms with van der Waals surface area (Å²) in [6.45, 7) is 5.83. The average molecular weight is 654 g/mol. The topological polar surface area (TPSA) is 185 Å². The lowest BCUT2D eigenvalue weighted by atomic mass is 10.1. The number of imide groups is 1. The molecule has 2 amide bonds. The fourth-order valence-corrected chi connectivity index (χ4v) is 6.03. The number of aromatic nitrogens is 2. The number of non-ortho nitro benzene ring substituents is 1. The van der Waals surface area contributed by atoms with Crippen LogP contribution in [0.3, 0.4) is 0 Å². The molecule has 2 aromatic rings. The Morgan fingerprint density at radius 1 is 1.09 bits per heavy atom. The van der Waals surface area contributed by atoms with Crippen LogP contribution in [0.15, 0.2) is 28.9 Å². The number of nitrogens with one attached hydrogen (secondary N) is 1. The fourth-order valence-electron chi connectivity index (χ4n) is 4.93. The zero-order valence-electron chi connectivity index (χ0n) is 26.6. The minimum Gasteiger partial charge on any atom is -0.443 e. The van der Waals surface area contributed by atoms with Crippen molar-refractivity contribution in [3.05, 3.63) is 34.4 Å². The first-order chi connectivity index (χ1) is 21.4. The number of anilines is 1. The molecule has 0 bridgehead atoms. The van der Waals surface area contributed by atoms with Crippen molar-refractivity contribution in [3.8, 4) is 0 Å². The number of benzene rings is 1. The van der Waals surface area contributed by atoms with Gasteiger partial charge in [-0.2, -0.15) is 0 Å². The van der Waals surface area contributed by atoms with Crippen LogP contribution in [0.5, 0.6) is 0 Å². The Morgan fingerprint density at radius 2 is 1.73 bits per heavy atom. The fraction of sp³-hybridized carbons (Fsp3) is 0.655. The number of amides is 2. The van der Waals surface area contributed by atoms with Gasteiger partial charge in [0.1, 0.15) is 11.7 Å². The molecule has 1 aromatic carbocycles. The first-order valence-corrected chi connectivity index (χ1v) is 16.9. The molecule has 15 nitrogen and oxygen atoms in total. The average Bonchev–Trinajstić information content (AvgIpc) is 3.60. The summed E-state index contributed by atoms with van der Waals surface area (Å²) in [7, 11) is -0.778. The molecule has 1 aromatic heterocycles. The van der Waals surface area contributed by atoms with E-state index >= 15 is 0 Å². The van der Waals surface area contributed by atoms with Gasteiger partial charge in [-0.15, -0.1) is 0 Å². The Morgan fingerprint density at radius 3 is 2.38 bits per heavy atom. The molecule has 2 heterocycles. The van der Waals surface area contributed by atoms with Gasteiger partial charge < -0.3 is 23.8 Å². The van der Waals surface area contributed by atoms with Gasteiger partial charge in [0.15, 0.2) is 5.52 Å². The number of ether oxygens (including phenoxy) is 2. The van der Waals surface area contributed by atoms with Crippen LogP contribution >= 0.6 is 7.60 Å². The number of carbonyl (C=O) groups is 2. The van der Waals surface area contributed by atoms with Crippen molar-refractivity contribution in [3.63, 3.8) is 0 Å². The predicted octanol–water partition coefficient (Wildman–Crippen LogP) is 7.22. The van der Waals surface area contributed by atoms with E-state index in [1.807, 2.05) is 6.08 Å². The minimum atomic E-state index is -3.36. The van der Waals surface area contributed by atoms with Crippen molar-refractivity contribution < 1.29 is 42.2 Å². The first-order valence-electron chi connectivity index (χ1n) is 15.1. The van der Waals surface area contributed by atoms with Gasteiger partial charge in [-0.1, -0.05) is 38.2 Å². The lowest BCUT2D eigenvalue weighted by molar-refractivity contribution is -0.383. The van der Waals surface area contributed by atoms with Crippen LogP contribution in [0.25, 0.3) is 11.0 Å². The maximum absolute atomic E-state index is 12.8. The van der Waals surface area contributed by atoms with E-state index in [0.29, 0.717) is 17.7 Å². The zero-order chi connectivity index (χ0) is 33.0. The highest BCUT2D eigenvalue weighted by Crippen LogP contribution is 2.48. The molecule has 250 valence electrons. The second-order valence-corrected chi connectivity index (χ2v) is 14.1. The van der Waals surface area contributed by atoms with Gasteiger partial charge in [-0.05, 0) is 68.9 Å². The summed E-state index contributed by atoms with van der Waals surface area (Å²) < 4.78 is 38.3. The van der Waals surface area contributed by atoms with E-state index in [1.54, 1.807) is 32.9 Å². The van der Waals surface area contributed by atoms with Crippen LogP contribution in [0.2, 0.25) is 0 Å². The Hall–Kier alpha value is -3.55. The standard InChI is InChI=1S/C29H44N5O10P/c1-29(2,3)43-28(36)33-22(18-20-45(39,40-4)41-5)24(42-27(33)35)15-13-11-9-7-6-8-10-12-14-19-30-21-16-17-23(34(37)38)26-25(21)31-44-32-26/h13,15-17,22,24,30H,6-12,14,18-20H2,1-5H3/t22-,24-/m1/s1. The Balaban J connectivity index is 1.36. The van der Waals surface area contributed by atoms with Gasteiger partial charge in [0, 0.05) is 26.8 Å². The number of nitro groups is 1. The van der Waals surface area contributed by atoms with E-state index in [2.05, 4.69) is 20.3 Å². The number of allylic oxidation sites excluding steroid dienone is 1. The summed E-state index contributed by atoms with van der Waals surface area (Å²) in [5, 5.41) is 21.8. The summed E-state index contributed by atoms with van der Waals surface area (Å²) in [6, 6.07) is 2.30. The van der Waals surface area contributed by atoms with Crippen molar-refractivity contribution in [1.29, 1.82) is 0 Å². The zero-order valence-corrected chi connectivity index (χ0v) is 27.5. The Kier molecular flexibility index (Phi) is 13.3. The number of hydrogen-bond donors (Lipinski definition) is 1. The van der Waals surface area contributed by atoms with E-state index in [9.17, 15) is 24.3 Å². The number of cyclic esters (lactones) is 1. The molecule has 1 aliphatic heterocycles. The highest BCUT2D eigenvalue weighted by Gasteiger charge is 2.46. The number of hydrogen-bond acceptors (Lipinski definition) is 13. The Labute approximate surface area is 262 Å². The molecule has 1 aliphatic rings. The smallest absolute Gasteiger partial charge is 0.420 e. The number of rotatable bonds is 18. The molecule has 0 radical (unpaired) electrons. The van der Waals surface area contributed by atoms with Gasteiger partial charge in [-0.25, -0.2) is 19.1 Å². The van der Waals surface area contributed by atoms with Crippen molar-refractivity contribution in [1.82, 2.24) is 15.2 Å². The highest BCUT2D eigenvalue weighted by atomic mass is 31.2. The molecule has 3 rings (SSSR count). The molecule has 16 heteroatoms. The summed E-state index contributed by atoms with van der Waals surface area (Å²) in [5.41, 5.74) is 0.197. The van der Waals surface area contributed by atoms with Crippen molar-refractivity contribution in [2.24, 2.45) is 0 Å². The lowest BCUT2D eigenvalue weighted by Gasteiger charge is -2.26. The van der Waals surface area contributed by atoms with Crippen LogP contribution in [-0.2, 0) is 23.1 Å². The number of nitrogens with zero attached hydrogens (tertiary/aromatic N) is 4. The summed E-state index contributed by atoms with van der Waals surface area (Å²) in [4.78, 5) is 37.0. The molecule has 0 aliphatic carbocycles. The number of unbranched alkanes of at least 4 members (excludes halogenated alkanes) is 7. The van der Waals surface area contributed by atoms with E-state index < -0.39 is 42.5 Å².